The van der Waals surface area contributed by atoms with Crippen molar-refractivity contribution in [2.75, 3.05) is 20.1 Å². The van der Waals surface area contributed by atoms with E-state index in [0.717, 1.165) is 25.9 Å². The Morgan fingerprint density at radius 3 is 2.72 bits per heavy atom. The number of nitrogens with one attached hydrogen (secondary N) is 1. The molecule has 7 heteroatoms. The van der Waals surface area contributed by atoms with Gasteiger partial charge in [-0.1, -0.05) is 5.16 Å². The van der Waals surface area contributed by atoms with Crippen LogP contribution < -0.4 is 5.32 Å². The van der Waals surface area contributed by atoms with E-state index in [1.807, 2.05) is 0 Å². The van der Waals surface area contributed by atoms with E-state index in [1.165, 1.54) is 4.31 Å². The van der Waals surface area contributed by atoms with Gasteiger partial charge in [-0.25, -0.2) is 12.7 Å². The zero-order valence-electron chi connectivity index (χ0n) is 10.7. The number of nitrogens with zero attached hydrogens (tertiary/aromatic N) is 2. The Hall–Kier alpha value is -0.920. The number of sulfonamides is 1. The molecule has 1 aliphatic rings. The van der Waals surface area contributed by atoms with Crippen molar-refractivity contribution in [1.29, 1.82) is 0 Å². The summed E-state index contributed by atoms with van der Waals surface area (Å²) >= 11 is 0. The van der Waals surface area contributed by atoms with E-state index in [9.17, 15) is 8.42 Å². The molecule has 1 N–H and O–H groups in total. The minimum atomic E-state index is -3.32. The van der Waals surface area contributed by atoms with E-state index in [-0.39, 0.29) is 11.8 Å². The summed E-state index contributed by atoms with van der Waals surface area (Å²) in [4.78, 5) is 0. The molecule has 0 amide bonds. The van der Waals surface area contributed by atoms with Gasteiger partial charge in [-0.15, -0.1) is 0 Å². The summed E-state index contributed by atoms with van der Waals surface area (Å²) in [6.45, 7) is 3.49. The maximum atomic E-state index is 12.2. The van der Waals surface area contributed by atoms with Gasteiger partial charge in [-0.05, 0) is 32.9 Å². The first-order valence-corrected chi connectivity index (χ1v) is 7.68. The number of hydrogen-bond donors (Lipinski definition) is 1. The molecule has 0 aliphatic carbocycles. The van der Waals surface area contributed by atoms with Crippen LogP contribution in [0.15, 0.2) is 10.6 Å². The molecule has 6 nitrogen and oxygen atoms in total. The maximum Gasteiger partial charge on any atom is 0.219 e. The molecule has 2 rings (SSSR count). The van der Waals surface area contributed by atoms with E-state index in [2.05, 4.69) is 10.5 Å². The van der Waals surface area contributed by atoms with Crippen LogP contribution in [0.1, 0.15) is 24.3 Å². The van der Waals surface area contributed by atoms with Crippen LogP contribution in [0.5, 0.6) is 0 Å². The fraction of sp³-hybridized carbons (Fsp3) is 0.727. The molecule has 18 heavy (non-hydrogen) atoms. The predicted octanol–water partition coefficient (Wildman–Crippen LogP) is 0.497. The average molecular weight is 273 g/mol. The molecule has 1 aliphatic heterocycles. The molecular formula is C11H19N3O3S. The number of piperidine rings is 1. The molecule has 0 saturated carbocycles. The highest BCUT2D eigenvalue weighted by molar-refractivity contribution is 7.88. The van der Waals surface area contributed by atoms with Crippen LogP contribution in [-0.4, -0.2) is 44.1 Å². The third-order valence-corrected chi connectivity index (χ3v) is 5.10. The van der Waals surface area contributed by atoms with Crippen molar-refractivity contribution in [3.63, 3.8) is 0 Å². The highest BCUT2D eigenvalue weighted by atomic mass is 32.2. The van der Waals surface area contributed by atoms with Crippen molar-refractivity contribution in [1.82, 2.24) is 14.8 Å². The highest BCUT2D eigenvalue weighted by Crippen LogP contribution is 2.17. The van der Waals surface area contributed by atoms with E-state index >= 15 is 0 Å². The Balaban J connectivity index is 2.05. The van der Waals surface area contributed by atoms with Gasteiger partial charge in [0.1, 0.15) is 17.2 Å². The lowest BCUT2D eigenvalue weighted by molar-refractivity contribution is 0.295. The molecule has 1 fully saturated rings. The standard InChI is InChI=1S/C11H19N3O3S/c1-9-7-10(13-17-9)8-18(15,16)14(2)11-3-5-12-6-4-11/h7,11-12H,3-6,8H2,1-2H3. The maximum absolute atomic E-state index is 12.2. The predicted molar refractivity (Wildman–Crippen MR) is 67.5 cm³/mol. The molecule has 0 unspecified atom stereocenters. The zero-order valence-corrected chi connectivity index (χ0v) is 11.5. The summed E-state index contributed by atoms with van der Waals surface area (Å²) in [6.07, 6.45) is 1.71. The minimum Gasteiger partial charge on any atom is -0.361 e. The molecule has 0 radical (unpaired) electrons. The molecule has 2 heterocycles. The first-order valence-electron chi connectivity index (χ1n) is 6.07. The van der Waals surface area contributed by atoms with Crippen molar-refractivity contribution < 1.29 is 12.9 Å². The zero-order chi connectivity index (χ0) is 13.2. The fourth-order valence-corrected chi connectivity index (χ4v) is 3.55. The summed E-state index contributed by atoms with van der Waals surface area (Å²) < 4.78 is 30.8. The monoisotopic (exact) mass is 273 g/mol. The Kier molecular flexibility index (Phi) is 4.04. The lowest BCUT2D eigenvalue weighted by Gasteiger charge is -2.30. The summed E-state index contributed by atoms with van der Waals surface area (Å²) in [5.74, 6) is 0.537. The van der Waals surface area contributed by atoms with Crippen molar-refractivity contribution in [2.24, 2.45) is 0 Å². The molecule has 102 valence electrons. The lowest BCUT2D eigenvalue weighted by atomic mass is 10.1. The molecule has 1 aromatic rings. The molecule has 0 spiro atoms. The quantitative estimate of drug-likeness (QED) is 0.864. The van der Waals surface area contributed by atoms with Crippen molar-refractivity contribution >= 4 is 10.0 Å². The van der Waals surface area contributed by atoms with Gasteiger partial charge < -0.3 is 9.84 Å². The molecule has 0 atom stereocenters. The second-order valence-electron chi connectivity index (χ2n) is 4.68. The summed E-state index contributed by atoms with van der Waals surface area (Å²) in [6, 6.07) is 1.75. The number of rotatable bonds is 4. The van der Waals surface area contributed by atoms with Gasteiger partial charge in [0, 0.05) is 19.2 Å². The molecule has 0 bridgehead atoms. The van der Waals surface area contributed by atoms with Crippen LogP contribution in [0.2, 0.25) is 0 Å². The summed E-state index contributed by atoms with van der Waals surface area (Å²) in [5.41, 5.74) is 0.466. The summed E-state index contributed by atoms with van der Waals surface area (Å²) in [5, 5.41) is 6.96. The summed E-state index contributed by atoms with van der Waals surface area (Å²) in [7, 11) is -1.67. The second kappa shape index (κ2) is 5.38. The Morgan fingerprint density at radius 2 is 2.17 bits per heavy atom. The first kappa shape index (κ1) is 13.5. The second-order valence-corrected chi connectivity index (χ2v) is 6.71. The van der Waals surface area contributed by atoms with Gasteiger partial charge >= 0.3 is 0 Å². The Bertz CT molecular complexity index is 491. The van der Waals surface area contributed by atoms with E-state index in [4.69, 9.17) is 4.52 Å². The Morgan fingerprint density at radius 1 is 1.50 bits per heavy atom. The number of hydrogen-bond acceptors (Lipinski definition) is 5. The van der Waals surface area contributed by atoms with Crippen LogP contribution in [0.4, 0.5) is 0 Å². The van der Waals surface area contributed by atoms with Gasteiger partial charge in [0.2, 0.25) is 10.0 Å². The fourth-order valence-electron chi connectivity index (χ4n) is 2.17. The van der Waals surface area contributed by atoms with Crippen LogP contribution in [0.3, 0.4) is 0 Å². The van der Waals surface area contributed by atoms with Crippen LogP contribution in [-0.2, 0) is 15.8 Å². The topological polar surface area (TPSA) is 75.4 Å². The largest absolute Gasteiger partial charge is 0.361 e. The van der Waals surface area contributed by atoms with Crippen LogP contribution in [0.25, 0.3) is 0 Å². The normalized spacial score (nSPS) is 18.4. The number of aromatic nitrogens is 1. The van der Waals surface area contributed by atoms with E-state index in [1.54, 1.807) is 20.0 Å². The molecule has 1 saturated heterocycles. The highest BCUT2D eigenvalue weighted by Gasteiger charge is 2.28. The Labute approximate surface area is 107 Å². The number of aryl methyl sites for hydroxylation is 1. The van der Waals surface area contributed by atoms with E-state index < -0.39 is 10.0 Å². The van der Waals surface area contributed by atoms with Crippen molar-refractivity contribution in [2.45, 2.75) is 31.6 Å². The van der Waals surface area contributed by atoms with Crippen molar-refractivity contribution in [3.8, 4) is 0 Å². The van der Waals surface area contributed by atoms with E-state index in [0.29, 0.717) is 11.5 Å². The molecule has 1 aromatic heterocycles. The molecule has 0 aromatic carbocycles. The van der Waals surface area contributed by atoms with Gasteiger partial charge in [0.25, 0.3) is 0 Å². The van der Waals surface area contributed by atoms with Crippen LogP contribution in [0, 0.1) is 6.92 Å². The molecular weight excluding hydrogens is 254 g/mol. The third kappa shape index (κ3) is 3.09. The third-order valence-electron chi connectivity index (χ3n) is 3.27. The van der Waals surface area contributed by atoms with Crippen molar-refractivity contribution in [3.05, 3.63) is 17.5 Å². The van der Waals surface area contributed by atoms with Gasteiger partial charge in [0.05, 0.1) is 0 Å². The smallest absolute Gasteiger partial charge is 0.219 e. The average Bonchev–Trinajstić information content (AvgIpc) is 2.74. The van der Waals surface area contributed by atoms with Gasteiger partial charge in [-0.3, -0.25) is 0 Å². The first-order chi connectivity index (χ1) is 8.49. The van der Waals surface area contributed by atoms with Crippen LogP contribution >= 0.6 is 0 Å². The SMILES string of the molecule is Cc1cc(CS(=O)(=O)N(C)C2CCNCC2)no1. The van der Waals surface area contributed by atoms with Gasteiger partial charge in [0.15, 0.2) is 0 Å². The lowest BCUT2D eigenvalue weighted by Crippen LogP contribution is -2.44. The van der Waals surface area contributed by atoms with Gasteiger partial charge in [-0.2, -0.15) is 0 Å². The minimum absolute atomic E-state index is 0.0873.